The molecule has 0 saturated heterocycles. The van der Waals surface area contributed by atoms with E-state index in [1.165, 1.54) is 11.3 Å². The number of carbonyl (C=O) groups is 2. The van der Waals surface area contributed by atoms with Crippen LogP contribution in [-0.2, 0) is 9.53 Å². The van der Waals surface area contributed by atoms with Crippen LogP contribution in [0.2, 0.25) is 0 Å². The van der Waals surface area contributed by atoms with Crippen molar-refractivity contribution in [2.45, 2.75) is 31.2 Å². The van der Waals surface area contributed by atoms with Gasteiger partial charge in [-0.1, -0.05) is 0 Å². The summed E-state index contributed by atoms with van der Waals surface area (Å²) in [5.74, 6) is -1.000. The highest BCUT2D eigenvalue weighted by molar-refractivity contribution is 9.13. The van der Waals surface area contributed by atoms with Crippen LogP contribution in [0, 0.1) is 11.3 Å². The van der Waals surface area contributed by atoms with Crippen molar-refractivity contribution in [1.82, 2.24) is 5.32 Å². The molecular formula is C13H12Br2N2O3S. The molecule has 1 aromatic heterocycles. The molecule has 21 heavy (non-hydrogen) atoms. The smallest absolute Gasteiger partial charge is 0.348 e. The molecule has 0 aromatic carbocycles. The lowest BCUT2D eigenvalue weighted by atomic mass is 10.00. The molecule has 1 amide bonds. The van der Waals surface area contributed by atoms with Gasteiger partial charge in [0, 0.05) is 4.47 Å². The first kappa shape index (κ1) is 16.5. The van der Waals surface area contributed by atoms with Gasteiger partial charge in [0.25, 0.3) is 5.91 Å². The number of nitriles is 1. The zero-order chi connectivity index (χ0) is 15.5. The maximum atomic E-state index is 11.8. The highest BCUT2D eigenvalue weighted by Gasteiger charge is 2.35. The Bertz CT molecular complexity index is 584. The van der Waals surface area contributed by atoms with E-state index in [2.05, 4.69) is 43.2 Å². The average Bonchev–Trinajstić information content (AvgIpc) is 3.05. The highest BCUT2D eigenvalue weighted by atomic mass is 79.9. The minimum Gasteiger partial charge on any atom is -0.451 e. The van der Waals surface area contributed by atoms with Gasteiger partial charge >= 0.3 is 5.97 Å². The molecular weight excluding hydrogens is 424 g/mol. The lowest BCUT2D eigenvalue weighted by Crippen LogP contribution is -2.46. The van der Waals surface area contributed by atoms with E-state index >= 15 is 0 Å². The van der Waals surface area contributed by atoms with Gasteiger partial charge in [0.2, 0.25) is 0 Å². The second kappa shape index (κ2) is 6.90. The van der Waals surface area contributed by atoms with Crippen LogP contribution in [0.4, 0.5) is 0 Å². The van der Waals surface area contributed by atoms with E-state index in [9.17, 15) is 14.9 Å². The fraction of sp³-hybridized carbons (Fsp3) is 0.462. The van der Waals surface area contributed by atoms with Gasteiger partial charge in [-0.15, -0.1) is 11.3 Å². The first-order valence-electron chi connectivity index (χ1n) is 6.30. The third-order valence-electron chi connectivity index (χ3n) is 3.23. The molecule has 1 N–H and O–H groups in total. The molecule has 1 saturated carbocycles. The first-order valence-corrected chi connectivity index (χ1v) is 8.70. The number of nitrogens with one attached hydrogen (secondary N) is 1. The van der Waals surface area contributed by atoms with Gasteiger partial charge in [-0.2, -0.15) is 5.26 Å². The average molecular weight is 436 g/mol. The fourth-order valence-corrected chi connectivity index (χ4v) is 4.13. The SMILES string of the molecule is N#CC1(NC(=O)COC(=O)c2cc(Br)c(Br)s2)CCCC1. The summed E-state index contributed by atoms with van der Waals surface area (Å²) >= 11 is 7.79. The molecule has 0 atom stereocenters. The largest absolute Gasteiger partial charge is 0.451 e. The number of esters is 1. The normalized spacial score (nSPS) is 16.2. The lowest BCUT2D eigenvalue weighted by molar-refractivity contribution is -0.125. The van der Waals surface area contributed by atoms with Crippen molar-refractivity contribution in [3.8, 4) is 6.07 Å². The number of halogens is 2. The third kappa shape index (κ3) is 4.05. The minimum absolute atomic E-state index is 0.380. The zero-order valence-corrected chi connectivity index (χ0v) is 14.9. The molecule has 2 rings (SSSR count). The Hall–Kier alpha value is -0.910. The summed E-state index contributed by atoms with van der Waals surface area (Å²) in [6.45, 7) is -0.380. The van der Waals surface area contributed by atoms with Crippen molar-refractivity contribution in [1.29, 1.82) is 5.26 Å². The Labute approximate surface area is 142 Å². The monoisotopic (exact) mass is 434 g/mol. The standard InChI is InChI=1S/C13H12Br2N2O3S/c14-8-5-9(21-11(8)15)12(19)20-6-10(18)17-13(7-16)3-1-2-4-13/h5H,1-4,6H2,(H,17,18). The quantitative estimate of drug-likeness (QED) is 0.735. The van der Waals surface area contributed by atoms with E-state index < -0.39 is 17.4 Å². The van der Waals surface area contributed by atoms with Crippen molar-refractivity contribution in [3.63, 3.8) is 0 Å². The molecule has 0 unspecified atom stereocenters. The number of ether oxygens (including phenoxy) is 1. The molecule has 112 valence electrons. The Morgan fingerprint density at radius 3 is 2.62 bits per heavy atom. The van der Waals surface area contributed by atoms with Gasteiger partial charge in [-0.05, 0) is 63.6 Å². The maximum absolute atomic E-state index is 11.8. The summed E-state index contributed by atoms with van der Waals surface area (Å²) in [5, 5.41) is 11.8. The van der Waals surface area contributed by atoms with E-state index in [0.29, 0.717) is 17.7 Å². The van der Waals surface area contributed by atoms with Crippen LogP contribution in [0.15, 0.2) is 14.3 Å². The van der Waals surface area contributed by atoms with Crippen molar-refractivity contribution >= 4 is 55.1 Å². The van der Waals surface area contributed by atoms with Gasteiger partial charge < -0.3 is 10.1 Å². The summed E-state index contributed by atoms with van der Waals surface area (Å²) in [5.41, 5.74) is -0.793. The predicted molar refractivity (Wildman–Crippen MR) is 85.0 cm³/mol. The summed E-state index contributed by atoms with van der Waals surface area (Å²) in [6, 6.07) is 3.78. The van der Waals surface area contributed by atoms with Crippen molar-refractivity contribution in [3.05, 3.63) is 19.2 Å². The molecule has 0 spiro atoms. The zero-order valence-electron chi connectivity index (χ0n) is 10.9. The molecule has 8 heteroatoms. The Balaban J connectivity index is 1.86. The van der Waals surface area contributed by atoms with Crippen LogP contribution in [-0.4, -0.2) is 24.0 Å². The lowest BCUT2D eigenvalue weighted by Gasteiger charge is -2.21. The summed E-state index contributed by atoms with van der Waals surface area (Å²) in [7, 11) is 0. The van der Waals surface area contributed by atoms with Crippen LogP contribution in [0.1, 0.15) is 35.4 Å². The molecule has 5 nitrogen and oxygen atoms in total. The number of rotatable bonds is 4. The van der Waals surface area contributed by atoms with Crippen molar-refractivity contribution in [2.75, 3.05) is 6.61 Å². The van der Waals surface area contributed by atoms with Gasteiger partial charge in [0.1, 0.15) is 10.4 Å². The maximum Gasteiger partial charge on any atom is 0.348 e. The first-order chi connectivity index (χ1) is 9.96. The summed E-state index contributed by atoms with van der Waals surface area (Å²) in [4.78, 5) is 24.0. The van der Waals surface area contributed by atoms with Crippen molar-refractivity contribution < 1.29 is 14.3 Å². The second-order valence-electron chi connectivity index (χ2n) is 4.76. The number of hydrogen-bond donors (Lipinski definition) is 1. The van der Waals surface area contributed by atoms with E-state index in [4.69, 9.17) is 4.74 Å². The molecule has 1 aromatic rings. The van der Waals surface area contributed by atoms with Crippen LogP contribution in [0.5, 0.6) is 0 Å². The molecule has 0 bridgehead atoms. The Morgan fingerprint density at radius 2 is 2.10 bits per heavy atom. The van der Waals surface area contributed by atoms with E-state index in [1.54, 1.807) is 6.07 Å². The Kier molecular flexibility index (Phi) is 5.41. The number of nitrogens with zero attached hydrogens (tertiary/aromatic N) is 1. The fourth-order valence-electron chi connectivity index (χ4n) is 2.20. The van der Waals surface area contributed by atoms with Crippen LogP contribution in [0.3, 0.4) is 0 Å². The van der Waals surface area contributed by atoms with Crippen LogP contribution < -0.4 is 5.32 Å². The van der Waals surface area contributed by atoms with E-state index in [-0.39, 0.29) is 6.61 Å². The van der Waals surface area contributed by atoms with Gasteiger partial charge in [-0.25, -0.2) is 4.79 Å². The molecule has 1 aliphatic rings. The van der Waals surface area contributed by atoms with E-state index in [1.807, 2.05) is 0 Å². The molecule has 0 aliphatic heterocycles. The number of hydrogen-bond acceptors (Lipinski definition) is 5. The van der Waals surface area contributed by atoms with E-state index in [0.717, 1.165) is 21.1 Å². The molecule has 1 fully saturated rings. The molecule has 1 aliphatic carbocycles. The third-order valence-corrected chi connectivity index (χ3v) is 6.47. The summed E-state index contributed by atoms with van der Waals surface area (Å²) < 4.78 is 6.51. The van der Waals surface area contributed by atoms with Gasteiger partial charge in [0.15, 0.2) is 6.61 Å². The van der Waals surface area contributed by atoms with Crippen LogP contribution >= 0.6 is 43.2 Å². The predicted octanol–water partition coefficient (Wildman–Crippen LogP) is 3.38. The van der Waals surface area contributed by atoms with Crippen molar-refractivity contribution in [2.24, 2.45) is 0 Å². The van der Waals surface area contributed by atoms with Gasteiger partial charge in [-0.3, -0.25) is 4.79 Å². The van der Waals surface area contributed by atoms with Crippen LogP contribution in [0.25, 0.3) is 0 Å². The number of thiophene rings is 1. The number of carbonyl (C=O) groups excluding carboxylic acids is 2. The minimum atomic E-state index is -0.793. The number of amides is 1. The topological polar surface area (TPSA) is 79.2 Å². The van der Waals surface area contributed by atoms with Gasteiger partial charge in [0.05, 0.1) is 9.86 Å². The molecule has 1 heterocycles. The highest BCUT2D eigenvalue weighted by Crippen LogP contribution is 2.32. The summed E-state index contributed by atoms with van der Waals surface area (Å²) in [6.07, 6.45) is 3.14. The molecule has 0 radical (unpaired) electrons. The Morgan fingerprint density at radius 1 is 1.43 bits per heavy atom. The second-order valence-corrected chi connectivity index (χ2v) is 7.98.